The maximum absolute atomic E-state index is 2.50. The van der Waals surface area contributed by atoms with Crippen molar-refractivity contribution in [3.63, 3.8) is 0 Å². The van der Waals surface area contributed by atoms with E-state index in [-0.39, 0.29) is 18.9 Å². The van der Waals surface area contributed by atoms with Crippen LogP contribution < -0.4 is 0 Å². The second-order valence-corrected chi connectivity index (χ2v) is 3.73. The zero-order chi connectivity index (χ0) is 8.31. The summed E-state index contributed by atoms with van der Waals surface area (Å²) >= 11 is 0. The van der Waals surface area contributed by atoms with Crippen molar-refractivity contribution in [3.8, 4) is 0 Å². The average molecular weight is 151 g/mol. The van der Waals surface area contributed by atoms with E-state index in [2.05, 4.69) is 46.4 Å². The SMILES string of the molecule is CC(C)N(C(C)C)C(C)C.[LiH]. The molecule has 0 N–H and O–H groups in total. The molecule has 0 fully saturated rings. The van der Waals surface area contributed by atoms with Crippen molar-refractivity contribution in [2.24, 2.45) is 0 Å². The third kappa shape index (κ3) is 4.90. The van der Waals surface area contributed by atoms with E-state index in [9.17, 15) is 0 Å². The molecule has 64 valence electrons. The van der Waals surface area contributed by atoms with Gasteiger partial charge in [0.25, 0.3) is 0 Å². The van der Waals surface area contributed by atoms with Gasteiger partial charge in [0, 0.05) is 18.1 Å². The standard InChI is InChI=1S/C9H21N.Li.H/c1-7(2)10(8(3)4)9(5)6;;/h7-9H,1-6H3;;. The third-order valence-corrected chi connectivity index (χ3v) is 1.79. The van der Waals surface area contributed by atoms with Gasteiger partial charge in [-0.15, -0.1) is 0 Å². The summed E-state index contributed by atoms with van der Waals surface area (Å²) in [7, 11) is 0. The third-order valence-electron chi connectivity index (χ3n) is 1.79. The molecule has 0 rings (SSSR count). The molecule has 0 amide bonds. The van der Waals surface area contributed by atoms with E-state index < -0.39 is 0 Å². The molecule has 2 heteroatoms. The first kappa shape index (κ1) is 14.1. The van der Waals surface area contributed by atoms with Crippen LogP contribution in [-0.2, 0) is 0 Å². The predicted octanol–water partition coefficient (Wildman–Crippen LogP) is 1.87. The van der Waals surface area contributed by atoms with E-state index in [0.29, 0.717) is 18.1 Å². The molecule has 0 spiro atoms. The van der Waals surface area contributed by atoms with Gasteiger partial charge >= 0.3 is 18.9 Å². The Bertz CT molecular complexity index is 70.5. The van der Waals surface area contributed by atoms with Crippen LogP contribution in [0.1, 0.15) is 41.5 Å². The van der Waals surface area contributed by atoms with Crippen molar-refractivity contribution in [2.45, 2.75) is 59.7 Å². The van der Waals surface area contributed by atoms with E-state index in [1.165, 1.54) is 0 Å². The first-order valence-electron chi connectivity index (χ1n) is 4.24. The Morgan fingerprint density at radius 3 is 0.818 bits per heavy atom. The molecule has 0 saturated heterocycles. The zero-order valence-electron chi connectivity index (χ0n) is 8.18. The average Bonchev–Trinajstić information content (AvgIpc) is 1.59. The molecule has 0 bridgehead atoms. The molecule has 0 unspecified atom stereocenters. The van der Waals surface area contributed by atoms with Gasteiger partial charge in [0.2, 0.25) is 0 Å². The van der Waals surface area contributed by atoms with Crippen LogP contribution in [0.15, 0.2) is 0 Å². The van der Waals surface area contributed by atoms with Gasteiger partial charge in [-0.3, -0.25) is 4.90 Å². The van der Waals surface area contributed by atoms with Crippen molar-refractivity contribution in [1.29, 1.82) is 0 Å². The fraction of sp³-hybridized carbons (Fsp3) is 1.00. The number of rotatable bonds is 3. The van der Waals surface area contributed by atoms with E-state index in [4.69, 9.17) is 0 Å². The van der Waals surface area contributed by atoms with E-state index in [1.807, 2.05) is 0 Å². The van der Waals surface area contributed by atoms with Gasteiger partial charge in [-0.25, -0.2) is 0 Å². The monoisotopic (exact) mass is 151 g/mol. The van der Waals surface area contributed by atoms with Crippen molar-refractivity contribution in [2.75, 3.05) is 0 Å². The molecule has 0 aliphatic heterocycles. The summed E-state index contributed by atoms with van der Waals surface area (Å²) < 4.78 is 0. The summed E-state index contributed by atoms with van der Waals surface area (Å²) in [5.74, 6) is 0. The Kier molecular flexibility index (Phi) is 7.84. The number of hydrogen-bond donors (Lipinski definition) is 0. The number of hydrogen-bond acceptors (Lipinski definition) is 1. The summed E-state index contributed by atoms with van der Waals surface area (Å²) in [5.41, 5.74) is 0. The maximum atomic E-state index is 2.50. The second kappa shape index (κ2) is 6.12. The Hall–Kier alpha value is 0.557. The molecule has 0 aromatic carbocycles. The molecule has 11 heavy (non-hydrogen) atoms. The fourth-order valence-electron chi connectivity index (χ4n) is 1.79. The topological polar surface area (TPSA) is 3.24 Å². The van der Waals surface area contributed by atoms with Crippen molar-refractivity contribution in [1.82, 2.24) is 4.90 Å². The Labute approximate surface area is 83.7 Å². The second-order valence-electron chi connectivity index (χ2n) is 3.73. The van der Waals surface area contributed by atoms with Gasteiger partial charge in [0.1, 0.15) is 0 Å². The van der Waals surface area contributed by atoms with Gasteiger partial charge in [-0.2, -0.15) is 0 Å². The summed E-state index contributed by atoms with van der Waals surface area (Å²) in [6, 6.07) is 2.00. The fourth-order valence-corrected chi connectivity index (χ4v) is 1.79. The van der Waals surface area contributed by atoms with Gasteiger partial charge in [-0.1, -0.05) is 0 Å². The van der Waals surface area contributed by atoms with Crippen molar-refractivity contribution in [3.05, 3.63) is 0 Å². The first-order valence-corrected chi connectivity index (χ1v) is 4.24. The van der Waals surface area contributed by atoms with Crippen LogP contribution in [0.3, 0.4) is 0 Å². The van der Waals surface area contributed by atoms with Gasteiger partial charge in [0.05, 0.1) is 0 Å². The zero-order valence-corrected chi connectivity index (χ0v) is 8.18. The quantitative estimate of drug-likeness (QED) is 0.556. The van der Waals surface area contributed by atoms with Crippen molar-refractivity contribution >= 4 is 18.9 Å². The van der Waals surface area contributed by atoms with E-state index >= 15 is 0 Å². The summed E-state index contributed by atoms with van der Waals surface area (Å²) in [4.78, 5) is 2.50. The van der Waals surface area contributed by atoms with Crippen molar-refractivity contribution < 1.29 is 0 Å². The van der Waals surface area contributed by atoms with E-state index in [1.54, 1.807) is 0 Å². The first-order chi connectivity index (χ1) is 4.46. The predicted molar refractivity (Wildman–Crippen MR) is 54.4 cm³/mol. The van der Waals surface area contributed by atoms with Gasteiger partial charge in [0.15, 0.2) is 0 Å². The van der Waals surface area contributed by atoms with Gasteiger partial charge < -0.3 is 0 Å². The Balaban J connectivity index is 0. The summed E-state index contributed by atoms with van der Waals surface area (Å²) in [5, 5.41) is 0. The Morgan fingerprint density at radius 1 is 0.636 bits per heavy atom. The van der Waals surface area contributed by atoms with Gasteiger partial charge in [-0.05, 0) is 41.5 Å². The van der Waals surface area contributed by atoms with Crippen LogP contribution in [0.25, 0.3) is 0 Å². The molecule has 0 saturated carbocycles. The molecular weight excluding hydrogens is 129 g/mol. The number of nitrogens with zero attached hydrogens (tertiary/aromatic N) is 1. The molecule has 0 heterocycles. The molecular formula is C9H22LiN. The molecule has 0 aliphatic carbocycles. The molecule has 1 nitrogen and oxygen atoms in total. The molecule has 0 aromatic rings. The van der Waals surface area contributed by atoms with Crippen LogP contribution >= 0.6 is 0 Å². The van der Waals surface area contributed by atoms with Crippen LogP contribution in [0.4, 0.5) is 0 Å². The molecule has 0 radical (unpaired) electrons. The van der Waals surface area contributed by atoms with Crippen LogP contribution in [-0.4, -0.2) is 41.9 Å². The van der Waals surface area contributed by atoms with Crippen LogP contribution in [0.2, 0.25) is 0 Å². The normalized spacial score (nSPS) is 11.5. The minimum absolute atomic E-state index is 0. The molecule has 0 aliphatic rings. The molecule has 0 atom stereocenters. The molecule has 0 aromatic heterocycles. The summed E-state index contributed by atoms with van der Waals surface area (Å²) in [6.45, 7) is 13.5. The van der Waals surface area contributed by atoms with Crippen LogP contribution in [0, 0.1) is 0 Å². The minimum atomic E-state index is 0. The summed E-state index contributed by atoms with van der Waals surface area (Å²) in [6.07, 6.45) is 0. The Morgan fingerprint density at radius 2 is 0.818 bits per heavy atom. The van der Waals surface area contributed by atoms with Crippen LogP contribution in [0.5, 0.6) is 0 Å². The van der Waals surface area contributed by atoms with E-state index in [0.717, 1.165) is 0 Å².